The van der Waals surface area contributed by atoms with Crippen LogP contribution in [0.5, 0.6) is 5.75 Å². The molecule has 0 spiro atoms. The molecule has 3 rings (SSSR count). The van der Waals surface area contributed by atoms with Gasteiger partial charge >= 0.3 is 0 Å². The van der Waals surface area contributed by atoms with Crippen LogP contribution in [0.4, 0.5) is 10.1 Å². The summed E-state index contributed by atoms with van der Waals surface area (Å²) in [6, 6.07) is 4.43. The molecule has 102 valence electrons. The fourth-order valence-electron chi connectivity index (χ4n) is 2.00. The lowest BCUT2D eigenvalue weighted by atomic mass is 10.2. The maximum absolute atomic E-state index is 13.9. The molecular weight excluding hydrogens is 285 g/mol. The van der Waals surface area contributed by atoms with E-state index < -0.39 is 11.7 Å². The molecule has 0 fully saturated rings. The predicted molar refractivity (Wildman–Crippen MR) is 70.6 cm³/mol. The Morgan fingerprint density at radius 3 is 2.95 bits per heavy atom. The van der Waals surface area contributed by atoms with Crippen LogP contribution in [-0.4, -0.2) is 29.0 Å². The first-order chi connectivity index (χ1) is 9.66. The van der Waals surface area contributed by atoms with Gasteiger partial charge in [-0.15, -0.1) is 0 Å². The van der Waals surface area contributed by atoms with Crippen LogP contribution in [0.1, 0.15) is 10.5 Å². The number of fused-ring (bicyclic) bond motifs is 1. The fraction of sp³-hybridized carbons (Fsp3) is 0.154. The van der Waals surface area contributed by atoms with Crippen LogP contribution in [0.15, 0.2) is 30.6 Å². The third-order valence-electron chi connectivity index (χ3n) is 2.88. The number of amides is 1. The second kappa shape index (κ2) is 5.05. The van der Waals surface area contributed by atoms with Gasteiger partial charge in [-0.1, -0.05) is 17.7 Å². The monoisotopic (exact) mass is 293 g/mol. The molecule has 1 aromatic heterocycles. The van der Waals surface area contributed by atoms with Crippen molar-refractivity contribution in [1.82, 2.24) is 9.97 Å². The molecule has 1 aliphatic rings. The van der Waals surface area contributed by atoms with Crippen LogP contribution in [0.3, 0.4) is 0 Å². The summed E-state index contributed by atoms with van der Waals surface area (Å²) in [4.78, 5) is 21.4. The summed E-state index contributed by atoms with van der Waals surface area (Å²) in [5.74, 6) is -0.618. The highest BCUT2D eigenvalue weighted by atomic mass is 35.5. The van der Waals surface area contributed by atoms with Crippen molar-refractivity contribution in [2.75, 3.05) is 18.1 Å². The fourth-order valence-corrected chi connectivity index (χ4v) is 2.09. The molecule has 1 amide bonds. The molecule has 2 heterocycles. The van der Waals surface area contributed by atoms with Crippen molar-refractivity contribution in [3.63, 3.8) is 0 Å². The maximum Gasteiger partial charge on any atom is 0.278 e. The minimum Gasteiger partial charge on any atom is -0.489 e. The molecule has 1 aliphatic heterocycles. The smallest absolute Gasteiger partial charge is 0.278 e. The molecular formula is C13H9ClFN3O2. The number of carbonyl (C=O) groups is 1. The van der Waals surface area contributed by atoms with Crippen molar-refractivity contribution in [2.45, 2.75) is 0 Å². The number of benzene rings is 1. The zero-order valence-electron chi connectivity index (χ0n) is 10.2. The van der Waals surface area contributed by atoms with Gasteiger partial charge in [0.15, 0.2) is 5.82 Å². The Hall–Kier alpha value is -2.21. The van der Waals surface area contributed by atoms with E-state index in [9.17, 15) is 9.18 Å². The minimum absolute atomic E-state index is 0.102. The summed E-state index contributed by atoms with van der Waals surface area (Å²) in [5, 5.41) is 0.190. The number of hydrogen-bond acceptors (Lipinski definition) is 4. The van der Waals surface area contributed by atoms with E-state index in [1.807, 2.05) is 0 Å². The summed E-state index contributed by atoms with van der Waals surface area (Å²) < 4.78 is 19.3. The quantitative estimate of drug-likeness (QED) is 0.809. The van der Waals surface area contributed by atoms with E-state index >= 15 is 0 Å². The number of nitrogens with zero attached hydrogens (tertiary/aromatic N) is 3. The molecule has 0 radical (unpaired) electrons. The molecule has 20 heavy (non-hydrogen) atoms. The van der Waals surface area contributed by atoms with Crippen molar-refractivity contribution >= 4 is 23.2 Å². The summed E-state index contributed by atoms with van der Waals surface area (Å²) in [6.45, 7) is 0.542. The average molecular weight is 294 g/mol. The largest absolute Gasteiger partial charge is 0.489 e. The molecule has 0 atom stereocenters. The summed E-state index contributed by atoms with van der Waals surface area (Å²) in [7, 11) is 0. The Labute approximate surface area is 119 Å². The van der Waals surface area contributed by atoms with E-state index in [1.54, 1.807) is 6.07 Å². The van der Waals surface area contributed by atoms with Gasteiger partial charge in [-0.05, 0) is 12.1 Å². The summed E-state index contributed by atoms with van der Waals surface area (Å²) >= 11 is 5.63. The zero-order valence-corrected chi connectivity index (χ0v) is 11.0. The number of para-hydroxylation sites is 1. The Kier molecular flexibility index (Phi) is 3.23. The number of hydrogen-bond donors (Lipinski definition) is 0. The molecule has 0 bridgehead atoms. The molecule has 2 aromatic rings. The van der Waals surface area contributed by atoms with Gasteiger partial charge in [-0.25, -0.2) is 14.4 Å². The molecule has 1 aromatic carbocycles. The minimum atomic E-state index is -0.516. The van der Waals surface area contributed by atoms with E-state index in [-0.39, 0.29) is 23.1 Å². The second-order valence-electron chi connectivity index (χ2n) is 4.12. The number of aromatic nitrogens is 2. The highest BCUT2D eigenvalue weighted by Gasteiger charge is 2.28. The number of carbonyl (C=O) groups excluding carboxylic acids is 1. The van der Waals surface area contributed by atoms with Gasteiger partial charge in [0.25, 0.3) is 5.91 Å². The first-order valence-corrected chi connectivity index (χ1v) is 6.25. The van der Waals surface area contributed by atoms with Gasteiger partial charge < -0.3 is 4.74 Å². The summed E-state index contributed by atoms with van der Waals surface area (Å²) in [6.07, 6.45) is 2.54. The van der Waals surface area contributed by atoms with Gasteiger partial charge in [0.2, 0.25) is 0 Å². The van der Waals surface area contributed by atoms with Crippen LogP contribution in [-0.2, 0) is 0 Å². The first-order valence-electron chi connectivity index (χ1n) is 5.87. The SMILES string of the molecule is O=C(c1cnc(Cl)cn1)N1CCOc2cccc(F)c21. The topological polar surface area (TPSA) is 55.3 Å². The molecule has 5 nitrogen and oxygen atoms in total. The lowest BCUT2D eigenvalue weighted by Gasteiger charge is -2.29. The van der Waals surface area contributed by atoms with Crippen molar-refractivity contribution in [3.8, 4) is 5.75 Å². The van der Waals surface area contributed by atoms with Crippen molar-refractivity contribution < 1.29 is 13.9 Å². The molecule has 0 unspecified atom stereocenters. The van der Waals surface area contributed by atoms with E-state index in [0.29, 0.717) is 12.4 Å². The highest BCUT2D eigenvalue weighted by molar-refractivity contribution is 6.29. The van der Waals surface area contributed by atoms with Crippen LogP contribution in [0, 0.1) is 5.82 Å². The average Bonchev–Trinajstić information content (AvgIpc) is 2.47. The van der Waals surface area contributed by atoms with E-state index in [0.717, 1.165) is 0 Å². The lowest BCUT2D eigenvalue weighted by Crippen LogP contribution is -2.39. The van der Waals surface area contributed by atoms with Gasteiger partial charge in [-0.2, -0.15) is 0 Å². The number of halogens is 2. The van der Waals surface area contributed by atoms with Gasteiger partial charge in [0, 0.05) is 0 Å². The van der Waals surface area contributed by atoms with E-state index in [2.05, 4.69) is 9.97 Å². The van der Waals surface area contributed by atoms with Crippen LogP contribution >= 0.6 is 11.6 Å². The van der Waals surface area contributed by atoms with Crippen LogP contribution in [0.25, 0.3) is 0 Å². The molecule has 0 saturated heterocycles. The second-order valence-corrected chi connectivity index (χ2v) is 4.50. The molecule has 0 N–H and O–H groups in total. The Morgan fingerprint density at radius 2 is 2.20 bits per heavy atom. The van der Waals surface area contributed by atoms with Crippen molar-refractivity contribution in [2.24, 2.45) is 0 Å². The standard InChI is InChI=1S/C13H9ClFN3O2/c14-11-7-16-9(6-17-11)13(19)18-4-5-20-10-3-1-2-8(15)12(10)18/h1-3,6-7H,4-5H2. The molecule has 7 heteroatoms. The van der Waals surface area contributed by atoms with Crippen LogP contribution in [0.2, 0.25) is 5.15 Å². The van der Waals surface area contributed by atoms with E-state index in [4.69, 9.17) is 16.3 Å². The van der Waals surface area contributed by atoms with Crippen molar-refractivity contribution in [1.29, 1.82) is 0 Å². The van der Waals surface area contributed by atoms with Gasteiger partial charge in [0.05, 0.1) is 18.9 Å². The maximum atomic E-state index is 13.9. The number of anilines is 1. The number of rotatable bonds is 1. The summed E-state index contributed by atoms with van der Waals surface area (Å²) in [5.41, 5.74) is 0.228. The lowest BCUT2D eigenvalue weighted by molar-refractivity contribution is 0.0970. The highest BCUT2D eigenvalue weighted by Crippen LogP contribution is 2.34. The molecule has 0 aliphatic carbocycles. The number of ether oxygens (including phenoxy) is 1. The molecule has 0 saturated carbocycles. The van der Waals surface area contributed by atoms with Gasteiger partial charge in [0.1, 0.15) is 28.9 Å². The Bertz CT molecular complexity index is 663. The zero-order chi connectivity index (χ0) is 14.1. The van der Waals surface area contributed by atoms with E-state index in [1.165, 1.54) is 29.4 Å². The van der Waals surface area contributed by atoms with Crippen molar-refractivity contribution in [3.05, 3.63) is 47.3 Å². The first kappa shape index (κ1) is 12.8. The third-order valence-corrected chi connectivity index (χ3v) is 3.07. The van der Waals surface area contributed by atoms with Gasteiger partial charge in [-0.3, -0.25) is 9.69 Å². The third kappa shape index (κ3) is 2.18. The Balaban J connectivity index is 2.00. The predicted octanol–water partition coefficient (Wildman–Crippen LogP) is 2.31. The van der Waals surface area contributed by atoms with Crippen LogP contribution < -0.4 is 9.64 Å². The normalized spacial score (nSPS) is 13.6. The Morgan fingerprint density at radius 1 is 1.35 bits per heavy atom.